The van der Waals surface area contributed by atoms with Crippen LogP contribution in [0.25, 0.3) is 0 Å². The molecular weight excluding hydrogens is 206 g/mol. The Hall–Kier alpha value is -1.62. The number of amides is 1. The Kier molecular flexibility index (Phi) is 3.36. The molecule has 3 N–H and O–H groups in total. The molecule has 2 heterocycles. The number of carbonyl (C=O) groups excluding carboxylic acids is 1. The van der Waals surface area contributed by atoms with Crippen molar-refractivity contribution < 1.29 is 9.90 Å². The van der Waals surface area contributed by atoms with Gasteiger partial charge in [0.25, 0.3) is 5.91 Å². The summed E-state index contributed by atoms with van der Waals surface area (Å²) < 4.78 is 0. The van der Waals surface area contributed by atoms with Crippen molar-refractivity contribution in [3.8, 4) is 5.75 Å². The zero-order valence-electron chi connectivity index (χ0n) is 8.94. The number of hydrogen-bond acceptors (Lipinski definition) is 4. The van der Waals surface area contributed by atoms with E-state index in [2.05, 4.69) is 15.6 Å². The maximum absolute atomic E-state index is 11.7. The fourth-order valence-corrected chi connectivity index (χ4v) is 1.78. The van der Waals surface area contributed by atoms with Crippen molar-refractivity contribution in [2.75, 3.05) is 19.6 Å². The van der Waals surface area contributed by atoms with Gasteiger partial charge in [-0.3, -0.25) is 4.79 Å². The molecule has 1 aromatic heterocycles. The van der Waals surface area contributed by atoms with Crippen LogP contribution in [0.15, 0.2) is 18.3 Å². The van der Waals surface area contributed by atoms with Crippen molar-refractivity contribution in [2.45, 2.75) is 6.42 Å². The first kappa shape index (κ1) is 10.9. The highest BCUT2D eigenvalue weighted by atomic mass is 16.3. The minimum Gasteiger partial charge on any atom is -0.505 e. The van der Waals surface area contributed by atoms with Crippen molar-refractivity contribution >= 4 is 5.91 Å². The molecule has 2 rings (SSSR count). The molecule has 1 amide bonds. The van der Waals surface area contributed by atoms with Gasteiger partial charge in [0.05, 0.1) is 0 Å². The van der Waals surface area contributed by atoms with E-state index in [1.54, 1.807) is 6.07 Å². The lowest BCUT2D eigenvalue weighted by molar-refractivity contribution is 0.0940. The summed E-state index contributed by atoms with van der Waals surface area (Å²) in [5.41, 5.74) is 0.0912. The van der Waals surface area contributed by atoms with Gasteiger partial charge in [-0.25, -0.2) is 4.98 Å². The predicted octanol–water partition coefficient (Wildman–Crippen LogP) is 0.127. The highest BCUT2D eigenvalue weighted by Crippen LogP contribution is 2.12. The molecule has 1 aliphatic heterocycles. The Morgan fingerprint density at radius 1 is 1.69 bits per heavy atom. The Balaban J connectivity index is 1.90. The number of aromatic hydroxyl groups is 1. The summed E-state index contributed by atoms with van der Waals surface area (Å²) in [4.78, 5) is 15.5. The zero-order chi connectivity index (χ0) is 11.4. The van der Waals surface area contributed by atoms with E-state index in [0.29, 0.717) is 12.5 Å². The molecule has 86 valence electrons. The van der Waals surface area contributed by atoms with E-state index in [0.717, 1.165) is 19.5 Å². The second-order valence-electron chi connectivity index (χ2n) is 3.94. The summed E-state index contributed by atoms with van der Waals surface area (Å²) >= 11 is 0. The van der Waals surface area contributed by atoms with E-state index in [1.807, 2.05) is 0 Å². The van der Waals surface area contributed by atoms with Crippen LogP contribution in [0.5, 0.6) is 5.75 Å². The van der Waals surface area contributed by atoms with Gasteiger partial charge in [0, 0.05) is 12.7 Å². The lowest BCUT2D eigenvalue weighted by Crippen LogP contribution is -2.30. The molecule has 0 bridgehead atoms. The first-order valence-corrected chi connectivity index (χ1v) is 5.40. The summed E-state index contributed by atoms with van der Waals surface area (Å²) in [6.07, 6.45) is 2.57. The highest BCUT2D eigenvalue weighted by Gasteiger charge is 2.17. The predicted molar refractivity (Wildman–Crippen MR) is 59.2 cm³/mol. The van der Waals surface area contributed by atoms with E-state index in [1.165, 1.54) is 12.3 Å². The molecule has 1 saturated heterocycles. The number of hydrogen-bond donors (Lipinski definition) is 3. The van der Waals surface area contributed by atoms with Crippen LogP contribution in [0.1, 0.15) is 16.9 Å². The second-order valence-corrected chi connectivity index (χ2v) is 3.94. The topological polar surface area (TPSA) is 74.2 Å². The molecule has 0 radical (unpaired) electrons. The largest absolute Gasteiger partial charge is 0.505 e. The van der Waals surface area contributed by atoms with Gasteiger partial charge < -0.3 is 15.7 Å². The Morgan fingerprint density at radius 2 is 2.56 bits per heavy atom. The van der Waals surface area contributed by atoms with E-state index < -0.39 is 0 Å². The maximum atomic E-state index is 11.7. The van der Waals surface area contributed by atoms with Gasteiger partial charge in [-0.2, -0.15) is 0 Å². The summed E-state index contributed by atoms with van der Waals surface area (Å²) in [5, 5.41) is 15.4. The van der Waals surface area contributed by atoms with Gasteiger partial charge in [0.2, 0.25) is 0 Å². The summed E-state index contributed by atoms with van der Waals surface area (Å²) in [6.45, 7) is 2.58. The smallest absolute Gasteiger partial charge is 0.273 e. The molecule has 16 heavy (non-hydrogen) atoms. The van der Waals surface area contributed by atoms with Gasteiger partial charge >= 0.3 is 0 Å². The van der Waals surface area contributed by atoms with Gasteiger partial charge in [-0.05, 0) is 37.6 Å². The lowest BCUT2D eigenvalue weighted by Gasteiger charge is -2.09. The fourth-order valence-electron chi connectivity index (χ4n) is 1.78. The first-order valence-electron chi connectivity index (χ1n) is 5.40. The van der Waals surface area contributed by atoms with Crippen LogP contribution < -0.4 is 10.6 Å². The highest BCUT2D eigenvalue weighted by molar-refractivity contribution is 5.94. The standard InChI is InChI=1S/C11H15N3O2/c15-9-2-1-4-13-10(9)11(16)14-7-8-3-5-12-6-8/h1-2,4,8,12,15H,3,5-7H2,(H,14,16). The Morgan fingerprint density at radius 3 is 3.25 bits per heavy atom. The molecule has 1 aromatic rings. The Labute approximate surface area is 93.9 Å². The number of pyridine rings is 1. The Bertz CT molecular complexity index is 375. The van der Waals surface area contributed by atoms with Crippen LogP contribution >= 0.6 is 0 Å². The van der Waals surface area contributed by atoms with Crippen LogP contribution in [0.3, 0.4) is 0 Å². The van der Waals surface area contributed by atoms with Crippen molar-refractivity contribution in [1.82, 2.24) is 15.6 Å². The molecule has 0 aromatic carbocycles. The summed E-state index contributed by atoms with van der Waals surface area (Å²) in [5.74, 6) is 0.0874. The average Bonchev–Trinajstić information content (AvgIpc) is 2.79. The maximum Gasteiger partial charge on any atom is 0.273 e. The first-order chi connectivity index (χ1) is 7.77. The molecule has 1 atom stereocenters. The lowest BCUT2D eigenvalue weighted by atomic mass is 10.1. The molecule has 1 unspecified atom stereocenters. The average molecular weight is 221 g/mol. The van der Waals surface area contributed by atoms with Gasteiger partial charge in [-0.15, -0.1) is 0 Å². The molecule has 1 aliphatic rings. The van der Waals surface area contributed by atoms with Crippen LogP contribution in [-0.4, -0.2) is 35.6 Å². The van der Waals surface area contributed by atoms with Gasteiger partial charge in [0.15, 0.2) is 5.69 Å². The SMILES string of the molecule is O=C(NCC1CCNC1)c1ncccc1O. The van der Waals surface area contributed by atoms with Crippen LogP contribution in [-0.2, 0) is 0 Å². The second kappa shape index (κ2) is 4.94. The van der Waals surface area contributed by atoms with Gasteiger partial charge in [0.1, 0.15) is 5.75 Å². The number of nitrogens with one attached hydrogen (secondary N) is 2. The van der Waals surface area contributed by atoms with Crippen molar-refractivity contribution in [2.24, 2.45) is 5.92 Å². The quantitative estimate of drug-likeness (QED) is 0.678. The summed E-state index contributed by atoms with van der Waals surface area (Å²) in [7, 11) is 0. The van der Waals surface area contributed by atoms with Gasteiger partial charge in [-0.1, -0.05) is 0 Å². The van der Waals surface area contributed by atoms with E-state index in [-0.39, 0.29) is 17.4 Å². The van der Waals surface area contributed by atoms with Crippen LogP contribution in [0.4, 0.5) is 0 Å². The fraction of sp³-hybridized carbons (Fsp3) is 0.455. The number of carbonyl (C=O) groups is 1. The molecule has 5 nitrogen and oxygen atoms in total. The third-order valence-electron chi connectivity index (χ3n) is 2.72. The molecule has 0 aliphatic carbocycles. The third-order valence-corrected chi connectivity index (χ3v) is 2.72. The van der Waals surface area contributed by atoms with Crippen molar-refractivity contribution in [3.63, 3.8) is 0 Å². The zero-order valence-corrected chi connectivity index (χ0v) is 8.94. The van der Waals surface area contributed by atoms with Crippen molar-refractivity contribution in [3.05, 3.63) is 24.0 Å². The number of rotatable bonds is 3. The summed E-state index contributed by atoms with van der Waals surface area (Å²) in [6, 6.07) is 3.05. The number of aromatic nitrogens is 1. The minimum atomic E-state index is -0.315. The number of nitrogens with zero attached hydrogens (tertiary/aromatic N) is 1. The normalized spacial score (nSPS) is 19.6. The van der Waals surface area contributed by atoms with E-state index >= 15 is 0 Å². The molecule has 1 fully saturated rings. The molecular formula is C11H15N3O2. The van der Waals surface area contributed by atoms with Crippen LogP contribution in [0, 0.1) is 5.92 Å². The molecule has 0 spiro atoms. The van der Waals surface area contributed by atoms with Crippen molar-refractivity contribution in [1.29, 1.82) is 0 Å². The monoisotopic (exact) mass is 221 g/mol. The van der Waals surface area contributed by atoms with E-state index in [4.69, 9.17) is 0 Å². The minimum absolute atomic E-state index is 0.0791. The molecule has 5 heteroatoms. The molecule has 0 saturated carbocycles. The third kappa shape index (κ3) is 2.49. The van der Waals surface area contributed by atoms with Crippen LogP contribution in [0.2, 0.25) is 0 Å². The van der Waals surface area contributed by atoms with E-state index in [9.17, 15) is 9.90 Å².